The van der Waals surface area contributed by atoms with Crippen molar-refractivity contribution in [2.45, 2.75) is 58.2 Å². The number of aromatic nitrogens is 2. The first-order valence-corrected chi connectivity index (χ1v) is 8.37. The molecule has 0 spiro atoms. The third-order valence-corrected chi connectivity index (χ3v) is 5.46. The molecule has 2 fully saturated rings. The van der Waals surface area contributed by atoms with Crippen molar-refractivity contribution in [3.8, 4) is 0 Å². The molecule has 116 valence electrons. The van der Waals surface area contributed by atoms with Crippen LogP contribution in [-0.2, 0) is 6.54 Å². The fraction of sp³-hybridized carbons (Fsp3) is 0.765. The highest BCUT2D eigenvalue weighted by molar-refractivity contribution is 5.05. The predicted molar refractivity (Wildman–Crippen MR) is 84.8 cm³/mol. The Labute approximate surface area is 128 Å². The molecule has 3 atom stereocenters. The highest BCUT2D eigenvalue weighted by Crippen LogP contribution is 2.42. The van der Waals surface area contributed by atoms with Gasteiger partial charge in [0.15, 0.2) is 0 Å². The van der Waals surface area contributed by atoms with Crippen LogP contribution in [0, 0.1) is 11.8 Å². The van der Waals surface area contributed by atoms with E-state index in [9.17, 15) is 0 Å². The van der Waals surface area contributed by atoms with Gasteiger partial charge < -0.3 is 5.32 Å². The molecule has 1 saturated heterocycles. The summed E-state index contributed by atoms with van der Waals surface area (Å²) >= 11 is 0. The van der Waals surface area contributed by atoms with Crippen LogP contribution in [-0.4, -0.2) is 39.5 Å². The topological polar surface area (TPSA) is 41.0 Å². The molecule has 0 amide bonds. The summed E-state index contributed by atoms with van der Waals surface area (Å²) in [6, 6.07) is 2.48. The number of nitrogens with zero attached hydrogens (tertiary/aromatic N) is 3. The zero-order valence-corrected chi connectivity index (χ0v) is 13.5. The molecule has 0 bridgehead atoms. The number of hydrogen-bond acceptors (Lipinski definition) is 4. The fourth-order valence-corrected chi connectivity index (χ4v) is 3.66. The second-order valence-corrected chi connectivity index (χ2v) is 7.10. The molecule has 3 rings (SSSR count). The average molecular weight is 288 g/mol. The molecule has 1 saturated carbocycles. The molecule has 1 aromatic heterocycles. The minimum Gasteiger partial charge on any atom is -0.308 e. The fourth-order valence-electron chi connectivity index (χ4n) is 3.66. The van der Waals surface area contributed by atoms with E-state index in [0.29, 0.717) is 12.0 Å². The Balaban J connectivity index is 1.75. The van der Waals surface area contributed by atoms with Crippen LogP contribution in [0.2, 0.25) is 0 Å². The molecule has 1 aliphatic carbocycles. The lowest BCUT2D eigenvalue weighted by Gasteiger charge is -2.48. The van der Waals surface area contributed by atoms with Crippen molar-refractivity contribution in [3.63, 3.8) is 0 Å². The minimum absolute atomic E-state index is 0.277. The van der Waals surface area contributed by atoms with Gasteiger partial charge in [-0.05, 0) is 37.7 Å². The first-order valence-electron chi connectivity index (χ1n) is 8.37. The molecule has 4 heteroatoms. The highest BCUT2D eigenvalue weighted by atomic mass is 15.3. The lowest BCUT2D eigenvalue weighted by molar-refractivity contribution is 0.0394. The van der Waals surface area contributed by atoms with Gasteiger partial charge in [0, 0.05) is 37.1 Å². The van der Waals surface area contributed by atoms with Crippen molar-refractivity contribution in [1.82, 2.24) is 20.2 Å². The van der Waals surface area contributed by atoms with Crippen molar-refractivity contribution in [2.75, 3.05) is 13.1 Å². The van der Waals surface area contributed by atoms with Crippen LogP contribution in [0.1, 0.15) is 45.9 Å². The Morgan fingerprint density at radius 2 is 2.10 bits per heavy atom. The summed E-state index contributed by atoms with van der Waals surface area (Å²) in [5, 5.41) is 3.86. The minimum atomic E-state index is 0.277. The van der Waals surface area contributed by atoms with Crippen molar-refractivity contribution in [1.29, 1.82) is 0 Å². The smallest absolute Gasteiger partial charge is 0.142 e. The first-order chi connectivity index (χ1) is 10.1. The van der Waals surface area contributed by atoms with E-state index < -0.39 is 0 Å². The van der Waals surface area contributed by atoms with Crippen molar-refractivity contribution in [3.05, 3.63) is 24.3 Å². The molecule has 1 aromatic rings. The van der Waals surface area contributed by atoms with Gasteiger partial charge in [-0.2, -0.15) is 0 Å². The van der Waals surface area contributed by atoms with Gasteiger partial charge in [0.2, 0.25) is 0 Å². The van der Waals surface area contributed by atoms with E-state index in [1.54, 1.807) is 0 Å². The predicted octanol–water partition coefficient (Wildman–Crippen LogP) is 2.47. The van der Waals surface area contributed by atoms with Gasteiger partial charge in [-0.1, -0.05) is 20.3 Å². The Hall–Kier alpha value is -1.00. The summed E-state index contributed by atoms with van der Waals surface area (Å²) in [5.41, 5.74) is 0.277. The zero-order chi connectivity index (χ0) is 14.9. The maximum Gasteiger partial charge on any atom is 0.142 e. The van der Waals surface area contributed by atoms with Gasteiger partial charge >= 0.3 is 0 Å². The van der Waals surface area contributed by atoms with E-state index >= 15 is 0 Å². The molecule has 21 heavy (non-hydrogen) atoms. The summed E-state index contributed by atoms with van der Waals surface area (Å²) in [5.74, 6) is 2.50. The standard InChI is InChI=1S/C17H28N4/c1-4-13(2)15-10-20-17(3,14-6-7-14)12-21(15)11-16-18-8-5-9-19-16/h5,8-9,13-15,20H,4,6-7,10-12H2,1-3H3. The van der Waals surface area contributed by atoms with Crippen LogP contribution in [0.25, 0.3) is 0 Å². The SMILES string of the molecule is CCC(C)C1CNC(C)(C2CC2)CN1Cc1ncccn1. The Kier molecular flexibility index (Phi) is 4.27. The van der Waals surface area contributed by atoms with E-state index in [-0.39, 0.29) is 5.54 Å². The first kappa shape index (κ1) is 14.9. The van der Waals surface area contributed by atoms with E-state index in [4.69, 9.17) is 0 Å². The van der Waals surface area contributed by atoms with Crippen molar-refractivity contribution >= 4 is 0 Å². The Bertz CT molecular complexity index is 459. The quantitative estimate of drug-likeness (QED) is 0.903. The average Bonchev–Trinajstić information content (AvgIpc) is 3.33. The van der Waals surface area contributed by atoms with E-state index in [0.717, 1.165) is 31.4 Å². The second-order valence-electron chi connectivity index (χ2n) is 7.10. The molecule has 1 N–H and O–H groups in total. The summed E-state index contributed by atoms with van der Waals surface area (Å²) < 4.78 is 0. The van der Waals surface area contributed by atoms with Gasteiger partial charge in [-0.3, -0.25) is 4.90 Å². The van der Waals surface area contributed by atoms with E-state index in [2.05, 4.69) is 41.0 Å². The van der Waals surface area contributed by atoms with Crippen molar-refractivity contribution in [2.24, 2.45) is 11.8 Å². The van der Waals surface area contributed by atoms with Crippen LogP contribution < -0.4 is 5.32 Å². The molecule has 3 unspecified atom stereocenters. The highest BCUT2D eigenvalue weighted by Gasteiger charge is 2.46. The van der Waals surface area contributed by atoms with Gasteiger partial charge in [0.05, 0.1) is 6.54 Å². The molecule has 1 aliphatic heterocycles. The number of nitrogens with one attached hydrogen (secondary N) is 1. The van der Waals surface area contributed by atoms with Crippen LogP contribution in [0.4, 0.5) is 0 Å². The third-order valence-electron chi connectivity index (χ3n) is 5.46. The van der Waals surface area contributed by atoms with Gasteiger partial charge in [-0.15, -0.1) is 0 Å². The van der Waals surface area contributed by atoms with E-state index in [1.165, 1.54) is 19.3 Å². The van der Waals surface area contributed by atoms with Crippen molar-refractivity contribution < 1.29 is 0 Å². The lowest BCUT2D eigenvalue weighted by Crippen LogP contribution is -2.65. The maximum absolute atomic E-state index is 4.43. The van der Waals surface area contributed by atoms with Gasteiger partial charge in [0.1, 0.15) is 5.82 Å². The zero-order valence-electron chi connectivity index (χ0n) is 13.5. The van der Waals surface area contributed by atoms with Gasteiger partial charge in [0.25, 0.3) is 0 Å². The molecule has 0 aromatic carbocycles. The molecular formula is C17H28N4. The second kappa shape index (κ2) is 6.01. The summed E-state index contributed by atoms with van der Waals surface area (Å²) in [7, 11) is 0. The largest absolute Gasteiger partial charge is 0.308 e. The number of rotatable bonds is 5. The molecule has 2 heterocycles. The normalized spacial score (nSPS) is 32.0. The van der Waals surface area contributed by atoms with Crippen LogP contribution in [0.5, 0.6) is 0 Å². The molecule has 0 radical (unpaired) electrons. The van der Waals surface area contributed by atoms with E-state index in [1.807, 2.05) is 18.5 Å². The monoisotopic (exact) mass is 288 g/mol. The number of piperazine rings is 1. The molecular weight excluding hydrogens is 260 g/mol. The number of hydrogen-bond donors (Lipinski definition) is 1. The Morgan fingerprint density at radius 1 is 1.38 bits per heavy atom. The van der Waals surface area contributed by atoms with Gasteiger partial charge in [-0.25, -0.2) is 9.97 Å². The molecule has 2 aliphatic rings. The Morgan fingerprint density at radius 3 is 2.71 bits per heavy atom. The maximum atomic E-state index is 4.43. The summed E-state index contributed by atoms with van der Waals surface area (Å²) in [6.07, 6.45) is 7.69. The third kappa shape index (κ3) is 3.27. The summed E-state index contributed by atoms with van der Waals surface area (Å²) in [4.78, 5) is 11.5. The molecule has 4 nitrogen and oxygen atoms in total. The lowest BCUT2D eigenvalue weighted by atomic mass is 9.87. The van der Waals surface area contributed by atoms with Crippen LogP contribution >= 0.6 is 0 Å². The van der Waals surface area contributed by atoms with Crippen LogP contribution in [0.15, 0.2) is 18.5 Å². The summed E-state index contributed by atoms with van der Waals surface area (Å²) in [6.45, 7) is 10.1. The van der Waals surface area contributed by atoms with Crippen LogP contribution in [0.3, 0.4) is 0 Å².